The van der Waals surface area contributed by atoms with Crippen molar-refractivity contribution in [3.63, 3.8) is 0 Å². The van der Waals surface area contributed by atoms with Gasteiger partial charge in [-0.1, -0.05) is 6.92 Å². The Morgan fingerprint density at radius 1 is 0.789 bits per heavy atom. The molecule has 2 fully saturated rings. The summed E-state index contributed by atoms with van der Waals surface area (Å²) in [6.07, 6.45) is -24.1. The van der Waals surface area contributed by atoms with Crippen molar-refractivity contribution < 1.29 is 79.9 Å². The summed E-state index contributed by atoms with van der Waals surface area (Å²) < 4.78 is 21.0. The van der Waals surface area contributed by atoms with Crippen LogP contribution in [0.5, 0.6) is 0 Å². The highest BCUT2D eigenvalue weighted by atomic mass is 16.7. The Morgan fingerprint density at radius 3 is 1.87 bits per heavy atom. The van der Waals surface area contributed by atoms with Crippen LogP contribution in [-0.2, 0) is 23.7 Å². The van der Waals surface area contributed by atoms with E-state index >= 15 is 0 Å². The lowest BCUT2D eigenvalue weighted by Crippen LogP contribution is -2.62. The SMILES string of the molecule is CCCNC(=O)[C@H](O)[C@@H](O)[C@H](O)[C@H](O)CO[C@H]1O[C@H](CO[C@H]2O[C@H](CO)[C@@H](O)[C@H](O)[C@H]2O)[C@@H](O)[C@H](O)[C@H]1O. The van der Waals surface area contributed by atoms with E-state index in [1.54, 1.807) is 6.92 Å². The predicted octanol–water partition coefficient (Wildman–Crippen LogP) is -7.40. The number of carbonyl (C=O) groups excluding carboxylic acids is 1. The van der Waals surface area contributed by atoms with E-state index < -0.39 is 112 Å². The molecule has 0 bridgehead atoms. The highest BCUT2D eigenvalue weighted by molar-refractivity contribution is 5.81. The number of rotatable bonds is 13. The molecular weight excluding hydrogens is 522 g/mol. The van der Waals surface area contributed by atoms with Gasteiger partial charge in [0, 0.05) is 6.54 Å². The number of nitrogens with one attached hydrogen (secondary N) is 1. The summed E-state index contributed by atoms with van der Waals surface area (Å²) in [7, 11) is 0. The zero-order chi connectivity index (χ0) is 28.7. The van der Waals surface area contributed by atoms with Crippen molar-refractivity contribution in [1.82, 2.24) is 5.32 Å². The maximum Gasteiger partial charge on any atom is 0.251 e. The van der Waals surface area contributed by atoms with Crippen molar-refractivity contribution in [2.45, 2.75) is 99.2 Å². The fourth-order valence-corrected chi connectivity index (χ4v) is 3.80. The lowest BCUT2D eigenvalue weighted by molar-refractivity contribution is -0.333. The zero-order valence-corrected chi connectivity index (χ0v) is 20.6. The molecule has 0 aromatic heterocycles. The van der Waals surface area contributed by atoms with Crippen LogP contribution in [0.15, 0.2) is 0 Å². The predicted molar refractivity (Wildman–Crippen MR) is 120 cm³/mol. The Balaban J connectivity index is 1.94. The summed E-state index contributed by atoms with van der Waals surface area (Å²) in [5.74, 6) is -0.975. The average Bonchev–Trinajstić information content (AvgIpc) is 2.91. The smallest absolute Gasteiger partial charge is 0.251 e. The molecule has 17 nitrogen and oxygen atoms in total. The van der Waals surface area contributed by atoms with Gasteiger partial charge >= 0.3 is 0 Å². The van der Waals surface area contributed by atoms with E-state index in [-0.39, 0.29) is 6.54 Å². The minimum Gasteiger partial charge on any atom is -0.394 e. The molecule has 0 aliphatic carbocycles. The molecule has 0 unspecified atom stereocenters. The third kappa shape index (κ3) is 7.96. The number of amides is 1. The summed E-state index contributed by atoms with van der Waals surface area (Å²) in [5.41, 5.74) is 0. The monoisotopic (exact) mass is 561 g/mol. The van der Waals surface area contributed by atoms with E-state index in [4.69, 9.17) is 18.9 Å². The first-order valence-corrected chi connectivity index (χ1v) is 12.1. The standard InChI is InChI=1S/C21H39NO16/c1-2-3-22-19(34)16(31)13(28)10(25)7(24)5-35-20-18(33)15(30)12(27)9(38-20)6-36-21-17(32)14(29)11(26)8(4-23)37-21/h7-18,20-21,23-33H,2-6H2,1H3,(H,22,34)/t7-,8-,9-,10-,11-,12-,13+,14+,15+,16-,17-,18-,20+,21+/m1/s1. The van der Waals surface area contributed by atoms with Crippen LogP contribution in [0.1, 0.15) is 13.3 Å². The molecule has 12 N–H and O–H groups in total. The van der Waals surface area contributed by atoms with Crippen LogP contribution < -0.4 is 5.32 Å². The number of aliphatic hydroxyl groups excluding tert-OH is 11. The Morgan fingerprint density at radius 2 is 1.32 bits per heavy atom. The molecule has 0 aromatic rings. The molecule has 0 aromatic carbocycles. The van der Waals surface area contributed by atoms with Gasteiger partial charge in [-0.05, 0) is 6.42 Å². The van der Waals surface area contributed by atoms with Gasteiger partial charge in [0.05, 0.1) is 19.8 Å². The van der Waals surface area contributed by atoms with Crippen LogP contribution in [-0.4, -0.2) is 174 Å². The summed E-state index contributed by atoms with van der Waals surface area (Å²) in [5, 5.41) is 112. The number of hydrogen-bond donors (Lipinski definition) is 12. The highest BCUT2D eigenvalue weighted by Crippen LogP contribution is 2.26. The van der Waals surface area contributed by atoms with Gasteiger partial charge in [-0.15, -0.1) is 0 Å². The van der Waals surface area contributed by atoms with Crippen LogP contribution >= 0.6 is 0 Å². The number of hydrogen-bond acceptors (Lipinski definition) is 16. The highest BCUT2D eigenvalue weighted by Gasteiger charge is 2.47. The van der Waals surface area contributed by atoms with E-state index in [1.165, 1.54) is 0 Å². The molecule has 14 atom stereocenters. The second kappa shape index (κ2) is 15.0. The first-order chi connectivity index (χ1) is 17.8. The fraction of sp³-hybridized carbons (Fsp3) is 0.952. The largest absolute Gasteiger partial charge is 0.394 e. The summed E-state index contributed by atoms with van der Waals surface area (Å²) >= 11 is 0. The van der Waals surface area contributed by atoms with Crippen molar-refractivity contribution in [3.8, 4) is 0 Å². The van der Waals surface area contributed by atoms with E-state index in [2.05, 4.69) is 5.32 Å². The molecule has 2 rings (SSSR count). The quantitative estimate of drug-likeness (QED) is 0.0994. The first kappa shape index (κ1) is 33.1. The van der Waals surface area contributed by atoms with Gasteiger partial charge < -0.3 is 80.4 Å². The minimum atomic E-state index is -2.10. The fourth-order valence-electron chi connectivity index (χ4n) is 3.80. The van der Waals surface area contributed by atoms with Crippen LogP contribution in [0.2, 0.25) is 0 Å². The second-order valence-electron chi connectivity index (χ2n) is 9.16. The molecule has 224 valence electrons. The first-order valence-electron chi connectivity index (χ1n) is 12.1. The molecule has 0 radical (unpaired) electrons. The zero-order valence-electron chi connectivity index (χ0n) is 20.6. The van der Waals surface area contributed by atoms with Crippen molar-refractivity contribution >= 4 is 5.91 Å². The number of aliphatic hydroxyl groups is 11. The van der Waals surface area contributed by atoms with Crippen LogP contribution in [0.4, 0.5) is 0 Å². The summed E-state index contributed by atoms with van der Waals surface area (Å²) in [6.45, 7) is -0.195. The third-order valence-corrected chi connectivity index (χ3v) is 6.26. The van der Waals surface area contributed by atoms with Gasteiger partial charge in [0.15, 0.2) is 18.7 Å². The summed E-state index contributed by atoms with van der Waals surface area (Å²) in [6, 6.07) is 0. The second-order valence-corrected chi connectivity index (χ2v) is 9.16. The van der Waals surface area contributed by atoms with E-state index in [0.717, 1.165) is 0 Å². The summed E-state index contributed by atoms with van der Waals surface area (Å²) in [4.78, 5) is 11.8. The Bertz CT molecular complexity index is 717. The van der Waals surface area contributed by atoms with Gasteiger partial charge in [-0.25, -0.2) is 0 Å². The van der Waals surface area contributed by atoms with Crippen LogP contribution in [0.3, 0.4) is 0 Å². The van der Waals surface area contributed by atoms with Crippen molar-refractivity contribution in [1.29, 1.82) is 0 Å². The average molecular weight is 562 g/mol. The molecule has 2 saturated heterocycles. The van der Waals surface area contributed by atoms with Gasteiger partial charge in [0.25, 0.3) is 5.91 Å². The molecule has 2 aliphatic rings. The van der Waals surface area contributed by atoms with Gasteiger partial charge in [0.2, 0.25) is 0 Å². The molecule has 17 heteroatoms. The molecule has 2 heterocycles. The molecule has 2 aliphatic heterocycles. The topological polar surface area (TPSA) is 289 Å². The lowest BCUT2D eigenvalue weighted by atomic mass is 9.98. The molecule has 38 heavy (non-hydrogen) atoms. The van der Waals surface area contributed by atoms with Crippen molar-refractivity contribution in [2.24, 2.45) is 0 Å². The maximum atomic E-state index is 11.8. The van der Waals surface area contributed by atoms with Gasteiger partial charge in [-0.2, -0.15) is 0 Å². The molecule has 1 amide bonds. The molecule has 0 saturated carbocycles. The number of carbonyl (C=O) groups is 1. The van der Waals surface area contributed by atoms with Crippen molar-refractivity contribution in [2.75, 3.05) is 26.4 Å². The maximum absolute atomic E-state index is 11.8. The van der Waals surface area contributed by atoms with E-state index in [1.807, 2.05) is 0 Å². The van der Waals surface area contributed by atoms with E-state index in [9.17, 15) is 61.0 Å². The van der Waals surface area contributed by atoms with Crippen LogP contribution in [0, 0.1) is 0 Å². The Labute approximate surface area is 217 Å². The molecule has 0 spiro atoms. The van der Waals surface area contributed by atoms with Gasteiger partial charge in [0.1, 0.15) is 67.1 Å². The Kier molecular flexibility index (Phi) is 13.1. The lowest BCUT2D eigenvalue weighted by Gasteiger charge is -2.42. The van der Waals surface area contributed by atoms with Gasteiger partial charge in [-0.3, -0.25) is 4.79 Å². The number of ether oxygens (including phenoxy) is 4. The Hall–Kier alpha value is -1.13. The van der Waals surface area contributed by atoms with Crippen molar-refractivity contribution in [3.05, 3.63) is 0 Å². The molecular formula is C21H39NO16. The minimum absolute atomic E-state index is 0.205. The van der Waals surface area contributed by atoms with E-state index in [0.29, 0.717) is 6.42 Å². The third-order valence-electron chi connectivity index (χ3n) is 6.26. The van der Waals surface area contributed by atoms with Crippen LogP contribution in [0.25, 0.3) is 0 Å². The normalized spacial score (nSPS) is 39.3.